The average Bonchev–Trinajstić information content (AvgIpc) is 4.02. The number of esters is 1. The third kappa shape index (κ3) is 12.2. The number of aliphatic hydroxyl groups is 1. The maximum Gasteiger partial charge on any atom is 0.407 e. The molecule has 0 bridgehead atoms. The maximum absolute atomic E-state index is 14.2. The second-order valence-corrected chi connectivity index (χ2v) is 19.1. The van der Waals surface area contributed by atoms with E-state index in [0.29, 0.717) is 0 Å². The highest BCUT2D eigenvalue weighted by Crippen LogP contribution is 2.44. The minimum Gasteiger partial charge on any atom is -0.458 e. The van der Waals surface area contributed by atoms with Crippen LogP contribution in [0.15, 0.2) is 101 Å². The number of nitrogens with one attached hydrogen (secondary N) is 7. The summed E-state index contributed by atoms with van der Waals surface area (Å²) >= 11 is 0. The summed E-state index contributed by atoms with van der Waals surface area (Å²) in [5, 5.41) is 24.7. The molecule has 1 fully saturated rings. The van der Waals surface area contributed by atoms with Gasteiger partial charge in [-0.25, -0.2) is 19.2 Å². The Bertz CT molecular complexity index is 2900. The van der Waals surface area contributed by atoms with Crippen LogP contribution < -0.4 is 37.8 Å². The van der Waals surface area contributed by atoms with Crippen LogP contribution in [-0.2, 0) is 39.8 Å². The lowest BCUT2D eigenvalue weighted by Crippen LogP contribution is -2.62. The highest BCUT2D eigenvalue weighted by atomic mass is 16.6. The molecule has 72 heavy (non-hydrogen) atoms. The lowest BCUT2D eigenvalue weighted by atomic mass is 9.98. The van der Waals surface area contributed by atoms with Crippen LogP contribution in [0, 0.1) is 0 Å². The smallest absolute Gasteiger partial charge is 0.407 e. The number of para-hydroxylation sites is 1. The molecule has 2 aliphatic rings. The van der Waals surface area contributed by atoms with Crippen LogP contribution in [-0.4, -0.2) is 129 Å². The molecule has 382 valence electrons. The lowest BCUT2D eigenvalue weighted by molar-refractivity contribution is -0.157. The number of H-pyrrole nitrogens is 2. The number of alkyl carbamates (subject to hydrolysis) is 1. The van der Waals surface area contributed by atoms with Gasteiger partial charge in [0.1, 0.15) is 42.5 Å². The number of rotatable bonds is 17. The molecular formula is C51H61N9O12. The topological polar surface area (TPSA) is 284 Å². The van der Waals surface area contributed by atoms with Crippen molar-refractivity contribution in [2.24, 2.45) is 0 Å². The van der Waals surface area contributed by atoms with E-state index in [4.69, 9.17) is 14.2 Å². The van der Waals surface area contributed by atoms with Crippen LogP contribution in [0.25, 0.3) is 22.0 Å². The molecular weight excluding hydrogens is 931 g/mol. The summed E-state index contributed by atoms with van der Waals surface area (Å²) in [4.78, 5) is 113. The van der Waals surface area contributed by atoms with Crippen molar-refractivity contribution in [1.82, 2.24) is 46.0 Å². The number of hydrogen-bond donors (Lipinski definition) is 8. The number of fused-ring (bicyclic) bond motifs is 4. The van der Waals surface area contributed by atoms with Crippen LogP contribution in [0.5, 0.6) is 0 Å². The lowest BCUT2D eigenvalue weighted by Gasteiger charge is -2.34. The van der Waals surface area contributed by atoms with Gasteiger partial charge in [0.15, 0.2) is 6.23 Å². The second-order valence-electron chi connectivity index (χ2n) is 19.1. The molecule has 0 spiro atoms. The molecule has 3 heterocycles. The van der Waals surface area contributed by atoms with Crippen molar-refractivity contribution >= 4 is 46.7 Å². The molecule has 7 rings (SSSR count). The van der Waals surface area contributed by atoms with Gasteiger partial charge in [-0.3, -0.25) is 28.7 Å². The molecule has 8 unspecified atom stereocenters. The highest BCUT2D eigenvalue weighted by molar-refractivity contribution is 5.94. The molecule has 8 atom stereocenters. The number of hydrogen-bond acceptors (Lipinski definition) is 12. The van der Waals surface area contributed by atoms with E-state index in [9.17, 15) is 43.5 Å². The number of amides is 6. The molecule has 21 heteroatoms. The van der Waals surface area contributed by atoms with Crippen molar-refractivity contribution in [2.75, 3.05) is 20.2 Å². The molecule has 21 nitrogen and oxygen atoms in total. The van der Waals surface area contributed by atoms with Gasteiger partial charge in [-0.2, -0.15) is 0 Å². The van der Waals surface area contributed by atoms with Crippen molar-refractivity contribution < 1.29 is 48.1 Å². The number of aromatic nitrogens is 3. The first-order valence-corrected chi connectivity index (χ1v) is 23.6. The third-order valence-electron chi connectivity index (χ3n) is 12.7. The number of ether oxygens (including phenoxy) is 3. The number of nitrogens with zero attached hydrogens (tertiary/aromatic N) is 2. The number of benzene rings is 3. The zero-order valence-corrected chi connectivity index (χ0v) is 41.0. The molecule has 3 aromatic carbocycles. The molecule has 1 saturated heterocycles. The molecule has 8 N–H and O–H groups in total. The molecule has 5 aromatic rings. The minimum atomic E-state index is -1.50. The van der Waals surface area contributed by atoms with Crippen molar-refractivity contribution in [3.05, 3.63) is 129 Å². The normalized spacial score (nSPS) is 18.3. The summed E-state index contributed by atoms with van der Waals surface area (Å²) in [6.45, 7) is 9.16. The number of aromatic amines is 2. The van der Waals surface area contributed by atoms with Gasteiger partial charge in [-0.1, -0.05) is 66.7 Å². The molecule has 2 aromatic heterocycles. The molecule has 6 amide bonds. The minimum absolute atomic E-state index is 0.00136. The Hall–Kier alpha value is -7.78. The summed E-state index contributed by atoms with van der Waals surface area (Å²) in [7, 11) is 1.39. The van der Waals surface area contributed by atoms with E-state index in [2.05, 4.69) is 36.6 Å². The van der Waals surface area contributed by atoms with Crippen molar-refractivity contribution in [2.45, 2.75) is 115 Å². The summed E-state index contributed by atoms with van der Waals surface area (Å²) < 4.78 is 18.2. The van der Waals surface area contributed by atoms with Gasteiger partial charge in [0.2, 0.25) is 17.7 Å². The van der Waals surface area contributed by atoms with Gasteiger partial charge >= 0.3 is 23.8 Å². The summed E-state index contributed by atoms with van der Waals surface area (Å²) in [5.74, 6) is -3.23. The van der Waals surface area contributed by atoms with Crippen LogP contribution in [0.1, 0.15) is 76.8 Å². The van der Waals surface area contributed by atoms with Crippen molar-refractivity contribution in [3.8, 4) is 11.1 Å². The van der Waals surface area contributed by atoms with E-state index < -0.39 is 101 Å². The van der Waals surface area contributed by atoms with Crippen LogP contribution in [0.2, 0.25) is 0 Å². The van der Waals surface area contributed by atoms with E-state index in [-0.39, 0.29) is 31.9 Å². The van der Waals surface area contributed by atoms with Crippen molar-refractivity contribution in [1.29, 1.82) is 0 Å². The Morgan fingerprint density at radius 2 is 1.50 bits per heavy atom. The van der Waals surface area contributed by atoms with Gasteiger partial charge in [-0.15, -0.1) is 0 Å². The fraction of sp³-hybridized carbons (Fsp3) is 0.412. The first-order valence-electron chi connectivity index (χ1n) is 23.6. The van der Waals surface area contributed by atoms with Gasteiger partial charge in [0, 0.05) is 61.7 Å². The standard InChI is InChI=1S/C51H61N9O12/c1-27(54-48(67)56-39(47(66)72-51(4,5)6)22-30-24-52-38-19-13-12-14-32(30)38)43(63)58-42(44(64)53-25-31-23-40(61)46(71-31)60-21-20-41(62)57-49(60)68)29(3)59(7)45(65)28(2)55-50(69)70-26-37-35-17-10-8-15-33(35)34-16-9-11-18-36(34)37/h8-21,24,27-29,31,37,39-40,42,46,52,61H,22-23,25-26H2,1-7H3,(H,53,64)(H,55,69)(H,58,63)(H2,54,56,67)(H,57,62,68). The Morgan fingerprint density at radius 3 is 2.17 bits per heavy atom. The first kappa shape index (κ1) is 52.1. The first-order chi connectivity index (χ1) is 34.2. The number of urea groups is 1. The van der Waals surface area contributed by atoms with Gasteiger partial charge in [-0.05, 0) is 75.4 Å². The Balaban J connectivity index is 1.02. The monoisotopic (exact) mass is 991 g/mol. The quantitative estimate of drug-likeness (QED) is 0.0625. The highest BCUT2D eigenvalue weighted by Gasteiger charge is 2.39. The zero-order chi connectivity index (χ0) is 52.0. The van der Waals surface area contributed by atoms with Gasteiger partial charge < -0.3 is 55.8 Å². The Kier molecular flexibility index (Phi) is 16.0. The summed E-state index contributed by atoms with van der Waals surface area (Å²) in [6.07, 6.45) is -1.15. The Morgan fingerprint density at radius 1 is 0.847 bits per heavy atom. The van der Waals surface area contributed by atoms with Crippen LogP contribution in [0.3, 0.4) is 0 Å². The van der Waals surface area contributed by atoms with Crippen molar-refractivity contribution in [3.63, 3.8) is 0 Å². The maximum atomic E-state index is 14.2. The van der Waals surface area contributed by atoms with E-state index in [1.807, 2.05) is 72.8 Å². The van der Waals surface area contributed by atoms with Gasteiger partial charge in [0.05, 0.1) is 12.1 Å². The second kappa shape index (κ2) is 22.1. The van der Waals surface area contributed by atoms with E-state index in [0.717, 1.165) is 49.4 Å². The van der Waals surface area contributed by atoms with E-state index in [1.54, 1.807) is 27.0 Å². The van der Waals surface area contributed by atoms with E-state index in [1.165, 1.54) is 38.9 Å². The van der Waals surface area contributed by atoms with Gasteiger partial charge in [0.25, 0.3) is 5.56 Å². The zero-order valence-electron chi connectivity index (χ0n) is 41.0. The van der Waals surface area contributed by atoms with Crippen LogP contribution >= 0.6 is 0 Å². The fourth-order valence-corrected chi connectivity index (χ4v) is 8.90. The van der Waals surface area contributed by atoms with Crippen LogP contribution in [0.4, 0.5) is 9.59 Å². The average molecular weight is 992 g/mol. The summed E-state index contributed by atoms with van der Waals surface area (Å²) in [5.41, 5.74) is 3.32. The number of aliphatic hydroxyl groups excluding tert-OH is 1. The number of likely N-dealkylation sites (N-methyl/N-ethyl adjacent to an activating group) is 1. The molecule has 1 aliphatic heterocycles. The predicted octanol–water partition coefficient (Wildman–Crippen LogP) is 2.68. The molecule has 1 aliphatic carbocycles. The SMILES string of the molecule is CC(NC(=O)NC(Cc1c[nH]c2ccccc12)C(=O)OC(C)(C)C)C(=O)NC(C(=O)NCC1CC(O)C(n2ccc(=O)[nH]c2=O)O1)C(C)N(C)C(=O)C(C)NC(=O)OCC1c2ccccc2-c2ccccc21. The summed E-state index contributed by atoms with van der Waals surface area (Å²) in [6, 6.07) is 17.1. The largest absolute Gasteiger partial charge is 0.458 e. The molecule has 0 saturated carbocycles. The third-order valence-corrected chi connectivity index (χ3v) is 12.7. The fourth-order valence-electron chi connectivity index (χ4n) is 8.90. The Labute approximate surface area is 414 Å². The molecule has 0 radical (unpaired) electrons. The van der Waals surface area contributed by atoms with E-state index >= 15 is 0 Å². The predicted molar refractivity (Wildman–Crippen MR) is 263 cm³/mol. The number of carbonyl (C=O) groups is 6. The number of carbonyl (C=O) groups excluding carboxylic acids is 6.